The number of para-hydroxylation sites is 1. The van der Waals surface area contributed by atoms with Crippen molar-refractivity contribution in [1.82, 2.24) is 4.98 Å². The van der Waals surface area contributed by atoms with Crippen LogP contribution in [-0.4, -0.2) is 37.2 Å². The van der Waals surface area contributed by atoms with Crippen LogP contribution in [0.25, 0.3) is 10.9 Å². The minimum absolute atomic E-state index is 0.111. The zero-order valence-corrected chi connectivity index (χ0v) is 16.3. The number of amides is 1. The molecule has 1 N–H and O–H groups in total. The van der Waals surface area contributed by atoms with Crippen molar-refractivity contribution < 1.29 is 9.53 Å². The van der Waals surface area contributed by atoms with E-state index in [0.29, 0.717) is 5.56 Å². The first kappa shape index (κ1) is 18.4. The molecule has 144 valence electrons. The van der Waals surface area contributed by atoms with Crippen molar-refractivity contribution >= 4 is 28.2 Å². The first-order chi connectivity index (χ1) is 13.6. The average Bonchev–Trinajstić information content (AvgIpc) is 2.74. The predicted molar refractivity (Wildman–Crippen MR) is 113 cm³/mol. The minimum Gasteiger partial charge on any atom is -0.378 e. The van der Waals surface area contributed by atoms with Gasteiger partial charge in [0.2, 0.25) is 0 Å². The van der Waals surface area contributed by atoms with Gasteiger partial charge in [-0.3, -0.25) is 9.78 Å². The van der Waals surface area contributed by atoms with Gasteiger partial charge in [0.1, 0.15) is 0 Å². The maximum Gasteiger partial charge on any atom is 0.256 e. The zero-order chi connectivity index (χ0) is 19.5. The first-order valence-corrected chi connectivity index (χ1v) is 9.75. The Hall–Kier alpha value is -2.92. The summed E-state index contributed by atoms with van der Waals surface area (Å²) >= 11 is 0. The van der Waals surface area contributed by atoms with Crippen molar-refractivity contribution in [2.45, 2.75) is 19.8 Å². The van der Waals surface area contributed by atoms with Crippen LogP contribution in [0.1, 0.15) is 35.8 Å². The van der Waals surface area contributed by atoms with Crippen LogP contribution in [0, 0.1) is 0 Å². The van der Waals surface area contributed by atoms with E-state index in [2.05, 4.69) is 24.1 Å². The number of ether oxygens (including phenoxy) is 1. The molecule has 1 aromatic heterocycles. The molecule has 1 aliphatic heterocycles. The van der Waals surface area contributed by atoms with Crippen LogP contribution in [0.2, 0.25) is 0 Å². The van der Waals surface area contributed by atoms with Crippen molar-refractivity contribution in [2.24, 2.45) is 0 Å². The molecule has 0 saturated carbocycles. The Bertz CT molecular complexity index is 977. The fourth-order valence-corrected chi connectivity index (χ4v) is 3.46. The Morgan fingerprint density at radius 3 is 2.50 bits per heavy atom. The molecular weight excluding hydrogens is 350 g/mol. The summed E-state index contributed by atoms with van der Waals surface area (Å²) in [7, 11) is 0. The molecule has 2 heterocycles. The number of nitrogens with one attached hydrogen (secondary N) is 1. The number of benzene rings is 2. The maximum absolute atomic E-state index is 13.0. The van der Waals surface area contributed by atoms with Crippen LogP contribution < -0.4 is 10.2 Å². The van der Waals surface area contributed by atoms with Gasteiger partial charge in [0.25, 0.3) is 5.91 Å². The molecule has 0 bridgehead atoms. The number of hydrogen-bond acceptors (Lipinski definition) is 4. The van der Waals surface area contributed by atoms with Crippen LogP contribution in [0.4, 0.5) is 11.4 Å². The summed E-state index contributed by atoms with van der Waals surface area (Å²) in [6.45, 7) is 7.48. The molecular formula is C23H25N3O2. The van der Waals surface area contributed by atoms with Crippen molar-refractivity contribution in [3.05, 3.63) is 65.9 Å². The second-order valence-corrected chi connectivity index (χ2v) is 7.37. The molecule has 3 aromatic rings. The van der Waals surface area contributed by atoms with E-state index < -0.39 is 0 Å². The standard InChI is InChI=1S/C23H25N3O2/c1-16(2)22-15-20(19-5-3-4-6-21(19)25-22)23(27)24-17-7-9-18(10-8-17)26-11-13-28-14-12-26/h3-10,15-16H,11-14H2,1-2H3,(H,24,27). The highest BCUT2D eigenvalue weighted by molar-refractivity contribution is 6.12. The monoisotopic (exact) mass is 375 g/mol. The highest BCUT2D eigenvalue weighted by atomic mass is 16.5. The molecule has 2 aromatic carbocycles. The van der Waals surface area contributed by atoms with Gasteiger partial charge < -0.3 is 15.0 Å². The van der Waals surface area contributed by atoms with Crippen LogP contribution in [0.5, 0.6) is 0 Å². The molecule has 28 heavy (non-hydrogen) atoms. The maximum atomic E-state index is 13.0. The number of nitrogens with zero attached hydrogens (tertiary/aromatic N) is 2. The van der Waals surface area contributed by atoms with Crippen LogP contribution in [-0.2, 0) is 4.74 Å². The summed E-state index contributed by atoms with van der Waals surface area (Å²) in [6, 6.07) is 17.7. The highest BCUT2D eigenvalue weighted by Crippen LogP contribution is 2.24. The van der Waals surface area contributed by atoms with Gasteiger partial charge in [0.05, 0.1) is 24.3 Å². The normalized spacial score (nSPS) is 14.5. The van der Waals surface area contributed by atoms with Gasteiger partial charge in [0, 0.05) is 35.5 Å². The van der Waals surface area contributed by atoms with Gasteiger partial charge in [-0.2, -0.15) is 0 Å². The summed E-state index contributed by atoms with van der Waals surface area (Å²) < 4.78 is 5.40. The van der Waals surface area contributed by atoms with Gasteiger partial charge in [-0.25, -0.2) is 0 Å². The van der Waals surface area contributed by atoms with Gasteiger partial charge >= 0.3 is 0 Å². The Balaban J connectivity index is 1.58. The van der Waals surface area contributed by atoms with Crippen LogP contribution in [0.15, 0.2) is 54.6 Å². The molecule has 1 fully saturated rings. The van der Waals surface area contributed by atoms with Crippen LogP contribution in [0.3, 0.4) is 0 Å². The molecule has 1 aliphatic rings. The lowest BCUT2D eigenvalue weighted by Crippen LogP contribution is -2.36. The lowest BCUT2D eigenvalue weighted by molar-refractivity contribution is 0.102. The quantitative estimate of drug-likeness (QED) is 0.732. The molecule has 5 nitrogen and oxygen atoms in total. The van der Waals surface area contributed by atoms with E-state index in [1.807, 2.05) is 54.6 Å². The van der Waals surface area contributed by atoms with Gasteiger partial charge in [-0.05, 0) is 42.3 Å². The Morgan fingerprint density at radius 2 is 1.79 bits per heavy atom. The Morgan fingerprint density at radius 1 is 1.07 bits per heavy atom. The number of carbonyl (C=O) groups is 1. The van der Waals surface area contributed by atoms with Gasteiger partial charge in [-0.15, -0.1) is 0 Å². The zero-order valence-electron chi connectivity index (χ0n) is 16.3. The first-order valence-electron chi connectivity index (χ1n) is 9.75. The van der Waals surface area contributed by atoms with Crippen LogP contribution >= 0.6 is 0 Å². The van der Waals surface area contributed by atoms with E-state index in [0.717, 1.165) is 54.3 Å². The molecule has 0 radical (unpaired) electrons. The van der Waals surface area contributed by atoms with E-state index >= 15 is 0 Å². The van der Waals surface area contributed by atoms with Crippen molar-refractivity contribution in [1.29, 1.82) is 0 Å². The van der Waals surface area contributed by atoms with Gasteiger partial charge in [-0.1, -0.05) is 32.0 Å². The summed E-state index contributed by atoms with van der Waals surface area (Å²) in [4.78, 5) is 20.0. The number of hydrogen-bond donors (Lipinski definition) is 1. The molecule has 0 atom stereocenters. The summed E-state index contributed by atoms with van der Waals surface area (Å²) in [5.74, 6) is 0.142. The molecule has 5 heteroatoms. The SMILES string of the molecule is CC(C)c1cc(C(=O)Nc2ccc(N3CCOCC3)cc2)c2ccccc2n1. The highest BCUT2D eigenvalue weighted by Gasteiger charge is 2.15. The minimum atomic E-state index is -0.111. The fourth-order valence-electron chi connectivity index (χ4n) is 3.46. The van der Waals surface area contributed by atoms with E-state index in [4.69, 9.17) is 9.72 Å². The van der Waals surface area contributed by atoms with E-state index in [9.17, 15) is 4.79 Å². The number of anilines is 2. The smallest absolute Gasteiger partial charge is 0.256 e. The largest absolute Gasteiger partial charge is 0.378 e. The third-order valence-corrected chi connectivity index (χ3v) is 5.07. The molecule has 1 amide bonds. The summed E-state index contributed by atoms with van der Waals surface area (Å²) in [5, 5.41) is 3.91. The van der Waals surface area contributed by atoms with E-state index in [-0.39, 0.29) is 11.8 Å². The van der Waals surface area contributed by atoms with Crippen molar-refractivity contribution in [3.63, 3.8) is 0 Å². The third kappa shape index (κ3) is 3.85. The fraction of sp³-hybridized carbons (Fsp3) is 0.304. The third-order valence-electron chi connectivity index (χ3n) is 5.07. The average molecular weight is 375 g/mol. The number of aromatic nitrogens is 1. The molecule has 0 unspecified atom stereocenters. The Labute approximate surface area is 165 Å². The lowest BCUT2D eigenvalue weighted by Gasteiger charge is -2.28. The number of rotatable bonds is 4. The molecule has 4 rings (SSSR count). The molecule has 0 spiro atoms. The second kappa shape index (κ2) is 7.98. The topological polar surface area (TPSA) is 54.5 Å². The lowest BCUT2D eigenvalue weighted by atomic mass is 10.0. The molecule has 1 saturated heterocycles. The number of morpholine rings is 1. The number of fused-ring (bicyclic) bond motifs is 1. The van der Waals surface area contributed by atoms with Crippen molar-refractivity contribution in [2.75, 3.05) is 36.5 Å². The van der Waals surface area contributed by atoms with E-state index in [1.165, 1.54) is 0 Å². The second-order valence-electron chi connectivity index (χ2n) is 7.37. The van der Waals surface area contributed by atoms with Crippen molar-refractivity contribution in [3.8, 4) is 0 Å². The predicted octanol–water partition coefficient (Wildman–Crippen LogP) is 4.45. The molecule has 0 aliphatic carbocycles. The summed E-state index contributed by atoms with van der Waals surface area (Å²) in [5.41, 5.74) is 4.37. The number of carbonyl (C=O) groups excluding carboxylic acids is 1. The van der Waals surface area contributed by atoms with E-state index in [1.54, 1.807) is 0 Å². The number of pyridine rings is 1. The van der Waals surface area contributed by atoms with Gasteiger partial charge in [0.15, 0.2) is 0 Å². The summed E-state index contributed by atoms with van der Waals surface area (Å²) in [6.07, 6.45) is 0. The Kier molecular flexibility index (Phi) is 5.26.